The van der Waals surface area contributed by atoms with Crippen molar-refractivity contribution in [1.82, 2.24) is 30.3 Å². The van der Waals surface area contributed by atoms with Gasteiger partial charge in [0.1, 0.15) is 5.82 Å². The third-order valence-electron chi connectivity index (χ3n) is 6.77. The Morgan fingerprint density at radius 1 is 1.17 bits per heavy atom. The molecule has 0 saturated carbocycles. The Kier molecular flexibility index (Phi) is 6.77. The van der Waals surface area contributed by atoms with Crippen molar-refractivity contribution in [3.8, 4) is 0 Å². The molecule has 5 rings (SSSR count). The standard InChI is InChI=1S/C27H35FN8/c1-5-36-26(18(2)3)21-14-20(7-8-23(21)34-36)25-22(28)16-31-27(4,33-25)32-24-9-6-19(15-30-24)17-35-12-10-29-11-13-35/h6-9,14-16,18,29,33H,5,10-13,17H2,1-4H3,(H,30,32). The van der Waals surface area contributed by atoms with Gasteiger partial charge >= 0.3 is 0 Å². The second-order valence-electron chi connectivity index (χ2n) is 9.97. The normalized spacial score (nSPS) is 20.8. The maximum atomic E-state index is 15.0. The summed E-state index contributed by atoms with van der Waals surface area (Å²) in [5.74, 6) is -0.365. The molecule has 0 spiro atoms. The Hall–Kier alpha value is -3.30. The molecule has 1 unspecified atom stereocenters. The summed E-state index contributed by atoms with van der Waals surface area (Å²) in [7, 11) is 0. The number of nitrogens with zero attached hydrogens (tertiary/aromatic N) is 5. The second kappa shape index (κ2) is 9.99. The van der Waals surface area contributed by atoms with E-state index in [1.807, 2.05) is 42.1 Å². The topological polar surface area (TPSA) is 82.4 Å². The van der Waals surface area contributed by atoms with Crippen molar-refractivity contribution in [3.63, 3.8) is 0 Å². The number of allylic oxidation sites excluding steroid dienone is 1. The minimum Gasteiger partial charge on any atom is -0.342 e. The van der Waals surface area contributed by atoms with Crippen LogP contribution in [0.1, 0.15) is 50.4 Å². The number of hydrogen-bond acceptors (Lipinski definition) is 7. The van der Waals surface area contributed by atoms with E-state index in [0.717, 1.165) is 61.4 Å². The number of fused-ring (bicyclic) bond motifs is 1. The molecule has 0 radical (unpaired) electrons. The Bertz CT molecular complexity index is 1290. The smallest absolute Gasteiger partial charge is 0.203 e. The van der Waals surface area contributed by atoms with Gasteiger partial charge in [0, 0.05) is 62.1 Å². The number of benzene rings is 1. The molecular formula is C27H35FN8. The van der Waals surface area contributed by atoms with Crippen molar-refractivity contribution >= 4 is 28.6 Å². The molecular weight excluding hydrogens is 455 g/mol. The molecule has 36 heavy (non-hydrogen) atoms. The zero-order valence-electron chi connectivity index (χ0n) is 21.5. The second-order valence-corrected chi connectivity index (χ2v) is 9.97. The Morgan fingerprint density at radius 3 is 2.67 bits per heavy atom. The van der Waals surface area contributed by atoms with E-state index in [1.165, 1.54) is 11.8 Å². The van der Waals surface area contributed by atoms with E-state index in [-0.39, 0.29) is 0 Å². The van der Waals surface area contributed by atoms with E-state index in [0.29, 0.717) is 17.4 Å². The first kappa shape index (κ1) is 24.4. The van der Waals surface area contributed by atoms with E-state index in [9.17, 15) is 0 Å². The summed E-state index contributed by atoms with van der Waals surface area (Å²) in [6.07, 6.45) is 3.17. The van der Waals surface area contributed by atoms with E-state index < -0.39 is 11.6 Å². The first-order chi connectivity index (χ1) is 17.3. The Labute approximate surface area is 211 Å². The number of anilines is 1. The lowest BCUT2D eigenvalue weighted by atomic mass is 10.0. The average molecular weight is 491 g/mol. The van der Waals surface area contributed by atoms with Crippen LogP contribution in [0.5, 0.6) is 0 Å². The number of aromatic nitrogens is 3. The van der Waals surface area contributed by atoms with Gasteiger partial charge in [0.2, 0.25) is 5.79 Å². The van der Waals surface area contributed by atoms with Crippen molar-refractivity contribution in [2.75, 3.05) is 31.5 Å². The van der Waals surface area contributed by atoms with Crippen molar-refractivity contribution in [3.05, 3.63) is 59.2 Å². The van der Waals surface area contributed by atoms with E-state index in [1.54, 1.807) is 0 Å². The number of nitrogens with one attached hydrogen (secondary N) is 3. The predicted molar refractivity (Wildman–Crippen MR) is 144 cm³/mol. The van der Waals surface area contributed by atoms with Gasteiger partial charge in [-0.1, -0.05) is 26.0 Å². The highest BCUT2D eigenvalue weighted by molar-refractivity contribution is 5.93. The number of aliphatic imine (C=N–C) groups is 1. The summed E-state index contributed by atoms with van der Waals surface area (Å²) in [5.41, 5.74) is 4.40. The number of piperazine rings is 1. The minimum atomic E-state index is -0.943. The lowest BCUT2D eigenvalue weighted by Crippen LogP contribution is -2.48. The van der Waals surface area contributed by atoms with Crippen LogP contribution < -0.4 is 16.0 Å². The molecule has 9 heteroatoms. The molecule has 2 aromatic heterocycles. The summed E-state index contributed by atoms with van der Waals surface area (Å²) in [5, 5.41) is 15.7. The van der Waals surface area contributed by atoms with Crippen LogP contribution in [0.3, 0.4) is 0 Å². The lowest BCUT2D eigenvalue weighted by molar-refractivity contribution is 0.233. The number of pyridine rings is 1. The van der Waals surface area contributed by atoms with Crippen LogP contribution in [-0.2, 0) is 13.1 Å². The fraction of sp³-hybridized carbons (Fsp3) is 0.444. The minimum absolute atomic E-state index is 0.303. The molecule has 1 atom stereocenters. The SMILES string of the molecule is CCn1nc2ccc(C3=C(F)C=NC(C)(Nc4ccc(CN5CCNCC5)cn4)N3)cc2c1C(C)C. The van der Waals surface area contributed by atoms with Crippen LogP contribution in [0.25, 0.3) is 16.6 Å². The van der Waals surface area contributed by atoms with Gasteiger partial charge in [0.05, 0.1) is 17.4 Å². The maximum absolute atomic E-state index is 15.0. The third kappa shape index (κ3) is 4.99. The highest BCUT2D eigenvalue weighted by atomic mass is 19.1. The molecule has 0 amide bonds. The summed E-state index contributed by atoms with van der Waals surface area (Å²) in [6, 6.07) is 9.92. The predicted octanol–water partition coefficient (Wildman–Crippen LogP) is 4.08. The van der Waals surface area contributed by atoms with Crippen molar-refractivity contribution in [2.45, 2.75) is 52.5 Å². The zero-order chi connectivity index (χ0) is 25.3. The molecule has 2 aliphatic heterocycles. The third-order valence-corrected chi connectivity index (χ3v) is 6.77. The van der Waals surface area contributed by atoms with E-state index >= 15 is 4.39 Å². The quantitative estimate of drug-likeness (QED) is 0.463. The molecule has 1 fully saturated rings. The van der Waals surface area contributed by atoms with Crippen LogP contribution >= 0.6 is 0 Å². The molecule has 8 nitrogen and oxygen atoms in total. The lowest BCUT2D eigenvalue weighted by Gasteiger charge is -2.33. The molecule has 1 saturated heterocycles. The van der Waals surface area contributed by atoms with Gasteiger partial charge in [-0.05, 0) is 43.5 Å². The van der Waals surface area contributed by atoms with Gasteiger partial charge < -0.3 is 16.0 Å². The fourth-order valence-electron chi connectivity index (χ4n) is 4.99. The van der Waals surface area contributed by atoms with Gasteiger partial charge in [-0.3, -0.25) is 9.58 Å². The average Bonchev–Trinajstić information content (AvgIpc) is 3.26. The maximum Gasteiger partial charge on any atom is 0.203 e. The molecule has 3 aromatic rings. The number of rotatable bonds is 7. The highest BCUT2D eigenvalue weighted by Crippen LogP contribution is 2.31. The van der Waals surface area contributed by atoms with Gasteiger partial charge in [0.15, 0.2) is 5.83 Å². The molecule has 3 N–H and O–H groups in total. The van der Waals surface area contributed by atoms with Crippen LogP contribution in [0, 0.1) is 0 Å². The summed E-state index contributed by atoms with van der Waals surface area (Å²) >= 11 is 0. The summed E-state index contributed by atoms with van der Waals surface area (Å²) in [4.78, 5) is 11.4. The number of hydrogen-bond donors (Lipinski definition) is 3. The van der Waals surface area contributed by atoms with Gasteiger partial charge in [-0.25, -0.2) is 14.4 Å². The molecule has 190 valence electrons. The zero-order valence-corrected chi connectivity index (χ0v) is 21.5. The van der Waals surface area contributed by atoms with Gasteiger partial charge in [-0.2, -0.15) is 5.10 Å². The molecule has 0 bridgehead atoms. The van der Waals surface area contributed by atoms with Crippen LogP contribution in [0.4, 0.5) is 10.2 Å². The summed E-state index contributed by atoms with van der Waals surface area (Å²) in [6.45, 7) is 14.1. The monoisotopic (exact) mass is 490 g/mol. The van der Waals surface area contributed by atoms with Crippen LogP contribution in [0.15, 0.2) is 47.3 Å². The van der Waals surface area contributed by atoms with Crippen molar-refractivity contribution < 1.29 is 4.39 Å². The Balaban J connectivity index is 1.34. The first-order valence-corrected chi connectivity index (χ1v) is 12.8. The Morgan fingerprint density at radius 2 is 1.97 bits per heavy atom. The largest absolute Gasteiger partial charge is 0.342 e. The van der Waals surface area contributed by atoms with Crippen molar-refractivity contribution in [1.29, 1.82) is 0 Å². The van der Waals surface area contributed by atoms with Crippen molar-refractivity contribution in [2.24, 2.45) is 4.99 Å². The number of aryl methyl sites for hydroxylation is 1. The fourth-order valence-corrected chi connectivity index (χ4v) is 4.99. The first-order valence-electron chi connectivity index (χ1n) is 12.8. The molecule has 2 aliphatic rings. The van der Waals surface area contributed by atoms with Crippen LogP contribution in [-0.4, -0.2) is 57.8 Å². The van der Waals surface area contributed by atoms with E-state index in [4.69, 9.17) is 5.10 Å². The van der Waals surface area contributed by atoms with Gasteiger partial charge in [0.25, 0.3) is 0 Å². The van der Waals surface area contributed by atoms with E-state index in [2.05, 4.69) is 57.7 Å². The van der Waals surface area contributed by atoms with Gasteiger partial charge in [-0.15, -0.1) is 0 Å². The molecule has 1 aromatic carbocycles. The number of halogens is 1. The molecule has 4 heterocycles. The molecule has 0 aliphatic carbocycles. The van der Waals surface area contributed by atoms with Crippen LogP contribution in [0.2, 0.25) is 0 Å². The summed E-state index contributed by atoms with van der Waals surface area (Å²) < 4.78 is 17.0. The highest BCUT2D eigenvalue weighted by Gasteiger charge is 2.29.